The van der Waals surface area contributed by atoms with E-state index in [9.17, 15) is 5.11 Å². The number of fused-ring (bicyclic) bond motifs is 3. The summed E-state index contributed by atoms with van der Waals surface area (Å²) in [5, 5.41) is 22.4. The molecule has 29 heavy (non-hydrogen) atoms. The van der Waals surface area contributed by atoms with E-state index in [4.69, 9.17) is 5.11 Å². The molecule has 1 fully saturated rings. The number of aliphatic hydroxyl groups is 2. The van der Waals surface area contributed by atoms with Crippen LogP contribution in [0.2, 0.25) is 0 Å². The molecule has 1 aliphatic heterocycles. The molecule has 2 aromatic carbocycles. The Kier molecular flexibility index (Phi) is 9.47. The maximum Gasteiger partial charge on any atom is 0.0845 e. The molecule has 2 N–H and O–H groups in total. The van der Waals surface area contributed by atoms with E-state index in [-0.39, 0.29) is 31.4 Å². The third-order valence-electron chi connectivity index (χ3n) is 5.48. The normalized spacial score (nSPS) is 16.5. The molecular weight excluding hydrogens is 524 g/mol. The fourth-order valence-corrected chi connectivity index (χ4v) is 4.62. The van der Waals surface area contributed by atoms with Gasteiger partial charge in [0.2, 0.25) is 0 Å². The van der Waals surface area contributed by atoms with Crippen molar-refractivity contribution in [3.05, 3.63) is 46.0 Å². The van der Waals surface area contributed by atoms with Crippen LogP contribution < -0.4 is 24.8 Å². The Bertz CT molecular complexity index is 929. The summed E-state index contributed by atoms with van der Waals surface area (Å²) >= 11 is 2.35. The Hall–Kier alpha value is -0.610. The first-order valence-corrected chi connectivity index (χ1v) is 10.6. The zero-order valence-electron chi connectivity index (χ0n) is 16.1. The van der Waals surface area contributed by atoms with Crippen molar-refractivity contribution in [2.75, 3.05) is 45.9 Å². The van der Waals surface area contributed by atoms with Crippen molar-refractivity contribution in [2.24, 2.45) is 0 Å². The molecular formula is C21H26Cl2IN3O2-2. The van der Waals surface area contributed by atoms with E-state index in [1.807, 2.05) is 0 Å². The monoisotopic (exact) mass is 549 g/mol. The number of benzene rings is 2. The number of aliphatic hydroxyl groups excluding tert-OH is 2. The molecule has 5 nitrogen and oxygen atoms in total. The van der Waals surface area contributed by atoms with Crippen molar-refractivity contribution in [1.82, 2.24) is 14.4 Å². The lowest BCUT2D eigenvalue weighted by molar-refractivity contribution is -0.001000. The van der Waals surface area contributed by atoms with Crippen LogP contribution in [0.15, 0.2) is 42.5 Å². The van der Waals surface area contributed by atoms with Crippen molar-refractivity contribution in [3.63, 3.8) is 0 Å². The SMILES string of the molecule is OCCN1CCN(CC(O)Cn2c3ccccc3c3cc(I)ccc32)CC1.[Cl-].[Cl-]. The largest absolute Gasteiger partial charge is 1.00 e. The fourth-order valence-electron chi connectivity index (χ4n) is 4.13. The van der Waals surface area contributed by atoms with E-state index in [0.29, 0.717) is 13.1 Å². The van der Waals surface area contributed by atoms with Gasteiger partial charge in [-0.15, -0.1) is 0 Å². The Morgan fingerprint density at radius 1 is 0.862 bits per heavy atom. The summed E-state index contributed by atoms with van der Waals surface area (Å²) in [5.41, 5.74) is 2.37. The molecule has 0 saturated carbocycles. The van der Waals surface area contributed by atoms with E-state index in [2.05, 4.69) is 79.4 Å². The molecule has 1 aliphatic rings. The molecule has 1 unspecified atom stereocenters. The Labute approximate surface area is 197 Å². The second-order valence-corrected chi connectivity index (χ2v) is 8.55. The summed E-state index contributed by atoms with van der Waals surface area (Å²) in [6.45, 7) is 6.06. The van der Waals surface area contributed by atoms with E-state index in [0.717, 1.165) is 32.7 Å². The number of piperazine rings is 1. The van der Waals surface area contributed by atoms with Crippen molar-refractivity contribution in [1.29, 1.82) is 0 Å². The van der Waals surface area contributed by atoms with Crippen LogP contribution in [0, 0.1) is 3.57 Å². The summed E-state index contributed by atoms with van der Waals surface area (Å²) < 4.78 is 3.48. The van der Waals surface area contributed by atoms with Gasteiger partial charge in [-0.3, -0.25) is 9.80 Å². The van der Waals surface area contributed by atoms with Gasteiger partial charge in [0, 0.05) is 64.6 Å². The summed E-state index contributed by atoms with van der Waals surface area (Å²) in [6.07, 6.45) is -0.410. The van der Waals surface area contributed by atoms with Gasteiger partial charge < -0.3 is 39.6 Å². The van der Waals surface area contributed by atoms with Crippen LogP contribution >= 0.6 is 22.6 Å². The van der Waals surface area contributed by atoms with Crippen molar-refractivity contribution in [3.8, 4) is 0 Å². The molecule has 0 amide bonds. The number of hydrogen-bond donors (Lipinski definition) is 2. The minimum absolute atomic E-state index is 0. The second kappa shape index (κ2) is 11.1. The van der Waals surface area contributed by atoms with Crippen LogP contribution in [0.3, 0.4) is 0 Å². The van der Waals surface area contributed by atoms with Gasteiger partial charge in [0.15, 0.2) is 0 Å². The van der Waals surface area contributed by atoms with Crippen molar-refractivity contribution >= 4 is 44.4 Å². The lowest BCUT2D eigenvalue weighted by Gasteiger charge is -2.35. The standard InChI is InChI=1S/C21H26IN3O2.2ClH/c22-16-5-6-21-19(13-16)18-3-1-2-4-20(18)25(21)15-17(27)14-24-9-7-23(8-10-24)11-12-26;;/h1-6,13,17,26-27H,7-12,14-15H2;2*1H/p-2. The Morgan fingerprint density at radius 3 is 2.24 bits per heavy atom. The molecule has 0 bridgehead atoms. The first kappa shape index (κ1) is 24.7. The number of halogens is 3. The number of hydrogen-bond acceptors (Lipinski definition) is 4. The van der Waals surface area contributed by atoms with Crippen LogP contribution in [-0.4, -0.2) is 76.6 Å². The Balaban J connectivity index is 0.00000150. The molecule has 0 radical (unpaired) electrons. The van der Waals surface area contributed by atoms with Gasteiger partial charge >= 0.3 is 0 Å². The smallest absolute Gasteiger partial charge is 0.0845 e. The van der Waals surface area contributed by atoms with Crippen LogP contribution in [0.1, 0.15) is 0 Å². The highest BCUT2D eigenvalue weighted by Crippen LogP contribution is 2.30. The number of aromatic nitrogens is 1. The minimum atomic E-state index is -0.410. The molecule has 4 rings (SSSR count). The summed E-state index contributed by atoms with van der Waals surface area (Å²) in [6, 6.07) is 15.0. The van der Waals surface area contributed by atoms with Gasteiger partial charge in [-0.2, -0.15) is 0 Å². The molecule has 8 heteroatoms. The highest BCUT2D eigenvalue weighted by Gasteiger charge is 2.20. The summed E-state index contributed by atoms with van der Waals surface area (Å²) in [7, 11) is 0. The van der Waals surface area contributed by atoms with Crippen LogP contribution in [0.5, 0.6) is 0 Å². The van der Waals surface area contributed by atoms with Crippen molar-refractivity contribution in [2.45, 2.75) is 12.6 Å². The van der Waals surface area contributed by atoms with E-state index < -0.39 is 6.10 Å². The predicted octanol–water partition coefficient (Wildman–Crippen LogP) is -3.62. The number of nitrogens with zero attached hydrogens (tertiary/aromatic N) is 3. The first-order chi connectivity index (χ1) is 13.2. The summed E-state index contributed by atoms with van der Waals surface area (Å²) in [5.74, 6) is 0. The van der Waals surface area contributed by atoms with Crippen LogP contribution in [-0.2, 0) is 6.54 Å². The maximum atomic E-state index is 10.8. The maximum absolute atomic E-state index is 10.8. The lowest BCUT2D eigenvalue weighted by Crippen LogP contribution is -3.00. The van der Waals surface area contributed by atoms with E-state index in [1.165, 1.54) is 25.4 Å². The summed E-state index contributed by atoms with van der Waals surface area (Å²) in [4.78, 5) is 4.60. The van der Waals surface area contributed by atoms with Gasteiger partial charge in [0.05, 0.1) is 19.3 Å². The molecule has 1 atom stereocenters. The minimum Gasteiger partial charge on any atom is -1.00 e. The quantitative estimate of drug-likeness (QED) is 0.312. The van der Waals surface area contributed by atoms with Crippen molar-refractivity contribution < 1.29 is 35.0 Å². The number of rotatable bonds is 6. The second-order valence-electron chi connectivity index (χ2n) is 7.31. The van der Waals surface area contributed by atoms with Gasteiger partial charge in [0.25, 0.3) is 0 Å². The molecule has 0 spiro atoms. The third-order valence-corrected chi connectivity index (χ3v) is 6.15. The number of β-amino-alcohol motifs (C(OH)–C–C–N with tert-alkyl or cyclic N) is 2. The topological polar surface area (TPSA) is 51.9 Å². The van der Waals surface area contributed by atoms with Gasteiger partial charge in [-0.25, -0.2) is 0 Å². The highest BCUT2D eigenvalue weighted by atomic mass is 127. The average Bonchev–Trinajstić information content (AvgIpc) is 2.97. The van der Waals surface area contributed by atoms with E-state index in [1.54, 1.807) is 0 Å². The fraction of sp³-hybridized carbons (Fsp3) is 0.429. The molecule has 0 aliphatic carbocycles. The van der Waals surface area contributed by atoms with Gasteiger partial charge in [-0.05, 0) is 46.9 Å². The molecule has 1 aromatic heterocycles. The highest BCUT2D eigenvalue weighted by molar-refractivity contribution is 14.1. The van der Waals surface area contributed by atoms with Crippen LogP contribution in [0.25, 0.3) is 21.8 Å². The molecule has 1 saturated heterocycles. The zero-order chi connectivity index (χ0) is 18.8. The molecule has 2 heterocycles. The van der Waals surface area contributed by atoms with Crippen LogP contribution in [0.4, 0.5) is 0 Å². The van der Waals surface area contributed by atoms with E-state index >= 15 is 0 Å². The molecule has 160 valence electrons. The average molecular weight is 550 g/mol. The Morgan fingerprint density at radius 2 is 1.52 bits per heavy atom. The zero-order valence-corrected chi connectivity index (χ0v) is 19.8. The molecule has 3 aromatic rings. The van der Waals surface area contributed by atoms with Gasteiger partial charge in [0.1, 0.15) is 0 Å². The first-order valence-electron chi connectivity index (χ1n) is 9.56. The predicted molar refractivity (Wildman–Crippen MR) is 118 cm³/mol. The number of para-hydroxylation sites is 1. The third kappa shape index (κ3) is 5.55. The van der Waals surface area contributed by atoms with Gasteiger partial charge in [-0.1, -0.05) is 18.2 Å². The lowest BCUT2D eigenvalue weighted by atomic mass is 10.2.